The van der Waals surface area contributed by atoms with E-state index >= 15 is 0 Å². The van der Waals surface area contributed by atoms with E-state index in [9.17, 15) is 0 Å². The van der Waals surface area contributed by atoms with Gasteiger partial charge in [-0.1, -0.05) is 27.4 Å². The summed E-state index contributed by atoms with van der Waals surface area (Å²) in [4.78, 5) is 0. The molecule has 0 amide bonds. The van der Waals surface area contributed by atoms with Crippen molar-refractivity contribution in [1.29, 1.82) is 0 Å². The lowest BCUT2D eigenvalue weighted by molar-refractivity contribution is 0.481. The molecule has 0 heteroatoms. The highest BCUT2D eigenvalue weighted by Crippen LogP contribution is 2.17. The van der Waals surface area contributed by atoms with E-state index in [-0.39, 0.29) is 0 Å². The minimum atomic E-state index is 0.627. The van der Waals surface area contributed by atoms with Gasteiger partial charge in [0.05, 0.1) is 0 Å². The van der Waals surface area contributed by atoms with Crippen LogP contribution in [-0.4, -0.2) is 0 Å². The minimum absolute atomic E-state index is 0.627. The van der Waals surface area contributed by atoms with E-state index in [1.807, 2.05) is 0 Å². The Bertz CT molecular complexity index is 125. The van der Waals surface area contributed by atoms with E-state index in [2.05, 4.69) is 40.0 Å². The Hall–Kier alpha value is -0.480. The van der Waals surface area contributed by atoms with Gasteiger partial charge in [0, 0.05) is 0 Å². The lowest BCUT2D eigenvalue weighted by atomic mass is 9.92. The van der Waals surface area contributed by atoms with Gasteiger partial charge in [0.1, 0.15) is 0 Å². The van der Waals surface area contributed by atoms with Gasteiger partial charge >= 0.3 is 0 Å². The highest BCUT2D eigenvalue weighted by molar-refractivity contribution is 4.99. The van der Waals surface area contributed by atoms with Gasteiger partial charge in [0.15, 0.2) is 0 Å². The molecule has 1 unspecified atom stereocenters. The van der Waals surface area contributed by atoms with Gasteiger partial charge in [-0.05, 0) is 24.3 Å². The van der Waals surface area contributed by atoms with Crippen molar-refractivity contribution in [2.24, 2.45) is 11.8 Å². The van der Waals surface area contributed by atoms with Crippen LogP contribution in [0.1, 0.15) is 27.7 Å². The van der Waals surface area contributed by atoms with E-state index in [0.717, 1.165) is 0 Å². The van der Waals surface area contributed by atoms with Crippen molar-refractivity contribution in [3.05, 3.63) is 17.9 Å². The summed E-state index contributed by atoms with van der Waals surface area (Å²) >= 11 is 0. The Morgan fingerprint density at radius 2 is 1.78 bits per heavy atom. The quantitative estimate of drug-likeness (QED) is 0.496. The normalized spacial score (nSPS) is 13.0. The summed E-state index contributed by atoms with van der Waals surface area (Å²) < 4.78 is 0. The molecule has 0 nitrogen and oxygen atoms in total. The minimum Gasteiger partial charge on any atom is -0.130 e. The van der Waals surface area contributed by atoms with E-state index in [1.165, 1.54) is 5.57 Å². The molecule has 52 valence electrons. The first-order valence-electron chi connectivity index (χ1n) is 3.46. The molecule has 0 rings (SSSR count). The smallest absolute Gasteiger partial charge is 0.0135 e. The maximum atomic E-state index is 3.60. The Kier molecular flexibility index (Phi) is 3.34. The zero-order valence-electron chi connectivity index (χ0n) is 6.86. The van der Waals surface area contributed by atoms with Gasteiger partial charge in [-0.25, -0.2) is 0 Å². The van der Waals surface area contributed by atoms with Crippen LogP contribution >= 0.6 is 0 Å². The maximum absolute atomic E-state index is 3.60. The van der Waals surface area contributed by atoms with E-state index in [0.29, 0.717) is 11.8 Å². The summed E-state index contributed by atoms with van der Waals surface area (Å²) in [5, 5.41) is 0. The van der Waals surface area contributed by atoms with Crippen LogP contribution in [0.5, 0.6) is 0 Å². The second-order valence-corrected chi connectivity index (χ2v) is 2.89. The molecule has 0 saturated carbocycles. The summed E-state index contributed by atoms with van der Waals surface area (Å²) in [6, 6.07) is 0. The molecule has 0 fully saturated rings. The van der Waals surface area contributed by atoms with Crippen molar-refractivity contribution in [3.63, 3.8) is 0 Å². The van der Waals surface area contributed by atoms with Crippen LogP contribution in [0.3, 0.4) is 0 Å². The molecule has 0 aliphatic heterocycles. The van der Waals surface area contributed by atoms with Crippen LogP contribution in [0.25, 0.3) is 0 Å². The number of rotatable bonds is 2. The third kappa shape index (κ3) is 2.53. The zero-order valence-corrected chi connectivity index (χ0v) is 6.86. The van der Waals surface area contributed by atoms with E-state index in [4.69, 9.17) is 0 Å². The Morgan fingerprint density at radius 3 is 1.89 bits per heavy atom. The van der Waals surface area contributed by atoms with Crippen LogP contribution < -0.4 is 0 Å². The maximum Gasteiger partial charge on any atom is -0.0135 e. The molecule has 0 aromatic rings. The monoisotopic (exact) mass is 124 g/mol. The van der Waals surface area contributed by atoms with Gasteiger partial charge in [-0.3, -0.25) is 0 Å². The summed E-state index contributed by atoms with van der Waals surface area (Å²) in [6.07, 6.45) is 0. The molecule has 0 radical (unpaired) electrons. The standard InChI is InChI=1S/C9H16/c1-6-8(4)9(5)7(2)3/h7,9H,1H2,2-5H3. The predicted octanol–water partition coefficient (Wildman–Crippen LogP) is 3.01. The first kappa shape index (κ1) is 8.52. The lowest BCUT2D eigenvalue weighted by Gasteiger charge is -2.13. The van der Waals surface area contributed by atoms with Crippen LogP contribution in [0.2, 0.25) is 0 Å². The first-order valence-corrected chi connectivity index (χ1v) is 3.46. The third-order valence-corrected chi connectivity index (χ3v) is 1.96. The van der Waals surface area contributed by atoms with Crippen molar-refractivity contribution in [1.82, 2.24) is 0 Å². The molecule has 0 saturated heterocycles. The van der Waals surface area contributed by atoms with Gasteiger partial charge in [0.2, 0.25) is 0 Å². The second-order valence-electron chi connectivity index (χ2n) is 2.89. The van der Waals surface area contributed by atoms with E-state index < -0.39 is 0 Å². The van der Waals surface area contributed by atoms with Crippen LogP contribution in [-0.2, 0) is 0 Å². The lowest BCUT2D eigenvalue weighted by Crippen LogP contribution is -2.03. The van der Waals surface area contributed by atoms with Crippen LogP contribution in [0.15, 0.2) is 17.9 Å². The predicted molar refractivity (Wildman–Crippen MR) is 42.3 cm³/mol. The summed E-state index contributed by atoms with van der Waals surface area (Å²) in [7, 11) is 0. The van der Waals surface area contributed by atoms with Crippen LogP contribution in [0, 0.1) is 11.8 Å². The Labute approximate surface area is 58.3 Å². The fraction of sp³-hybridized carbons (Fsp3) is 0.667. The molecule has 0 aliphatic rings. The van der Waals surface area contributed by atoms with E-state index in [1.54, 1.807) is 0 Å². The molecule has 0 aliphatic carbocycles. The molecule has 0 heterocycles. The topological polar surface area (TPSA) is 0 Å². The summed E-state index contributed by atoms with van der Waals surface area (Å²) in [5.41, 5.74) is 4.18. The molecule has 1 atom stereocenters. The molecule has 0 N–H and O–H groups in total. The summed E-state index contributed by atoms with van der Waals surface area (Å²) in [6.45, 7) is 12.3. The Morgan fingerprint density at radius 1 is 1.33 bits per heavy atom. The molecule has 0 aromatic carbocycles. The van der Waals surface area contributed by atoms with Gasteiger partial charge in [-0.2, -0.15) is 0 Å². The van der Waals surface area contributed by atoms with Crippen molar-refractivity contribution >= 4 is 0 Å². The highest BCUT2D eigenvalue weighted by atomic mass is 14.1. The first-order chi connectivity index (χ1) is 4.09. The second kappa shape index (κ2) is 3.53. The van der Waals surface area contributed by atoms with Gasteiger partial charge in [-0.15, -0.1) is 5.73 Å². The molecule has 0 bridgehead atoms. The Balaban J connectivity index is 4.04. The van der Waals surface area contributed by atoms with Crippen molar-refractivity contribution in [2.45, 2.75) is 27.7 Å². The fourth-order valence-electron chi connectivity index (χ4n) is 0.661. The molecular formula is C9H16. The highest BCUT2D eigenvalue weighted by Gasteiger charge is 2.06. The average Bonchev–Trinajstić information content (AvgIpc) is 1.84. The fourth-order valence-corrected chi connectivity index (χ4v) is 0.661. The van der Waals surface area contributed by atoms with Crippen molar-refractivity contribution in [3.8, 4) is 0 Å². The largest absolute Gasteiger partial charge is 0.130 e. The average molecular weight is 124 g/mol. The molecular weight excluding hydrogens is 108 g/mol. The number of allylic oxidation sites excluding steroid dienone is 1. The van der Waals surface area contributed by atoms with Crippen LogP contribution in [0.4, 0.5) is 0 Å². The molecule has 9 heavy (non-hydrogen) atoms. The SMILES string of the molecule is C=C=C(C)C(C)C(C)C. The zero-order chi connectivity index (χ0) is 7.44. The summed E-state index contributed by atoms with van der Waals surface area (Å²) in [5.74, 6) is 1.33. The van der Waals surface area contributed by atoms with Crippen molar-refractivity contribution < 1.29 is 0 Å². The molecule has 0 spiro atoms. The van der Waals surface area contributed by atoms with Gasteiger partial charge in [0.25, 0.3) is 0 Å². The van der Waals surface area contributed by atoms with Gasteiger partial charge < -0.3 is 0 Å². The van der Waals surface area contributed by atoms with Crippen molar-refractivity contribution in [2.75, 3.05) is 0 Å². The number of hydrogen-bond acceptors (Lipinski definition) is 0. The third-order valence-electron chi connectivity index (χ3n) is 1.96. The molecule has 0 aromatic heterocycles. The number of hydrogen-bond donors (Lipinski definition) is 0.